The molecule has 0 spiro atoms. The third-order valence-corrected chi connectivity index (χ3v) is 3.45. The van der Waals surface area contributed by atoms with Crippen molar-refractivity contribution in [3.05, 3.63) is 48.0 Å². The largest absolute Gasteiger partial charge is 0.396 e. The number of para-hydroxylation sites is 1. The Morgan fingerprint density at radius 2 is 1.95 bits per heavy atom. The predicted molar refractivity (Wildman–Crippen MR) is 80.9 cm³/mol. The number of nitrogens with one attached hydrogen (secondary N) is 1. The number of carbonyl (C=O) groups is 1. The van der Waals surface area contributed by atoms with Gasteiger partial charge in [0.25, 0.3) is 5.91 Å². The lowest BCUT2D eigenvalue weighted by Crippen LogP contribution is -2.14. The zero-order valence-electron chi connectivity index (χ0n) is 10.5. The molecule has 0 aromatic heterocycles. The van der Waals surface area contributed by atoms with Crippen LogP contribution in [0.25, 0.3) is 0 Å². The van der Waals surface area contributed by atoms with Gasteiger partial charge in [-0.3, -0.25) is 4.79 Å². The zero-order chi connectivity index (χ0) is 13.8. The molecule has 4 nitrogen and oxygen atoms in total. The number of thioether (sulfide) groups is 1. The van der Waals surface area contributed by atoms with Gasteiger partial charge in [0.15, 0.2) is 0 Å². The molecule has 0 atom stereocenters. The molecule has 0 fully saturated rings. The van der Waals surface area contributed by atoms with Crippen LogP contribution < -0.4 is 16.8 Å². The minimum absolute atomic E-state index is 0.325. The summed E-state index contributed by atoms with van der Waals surface area (Å²) in [6.07, 6.45) is 2.02. The molecule has 5 heteroatoms. The van der Waals surface area contributed by atoms with E-state index in [4.69, 9.17) is 11.5 Å². The number of anilines is 3. The van der Waals surface area contributed by atoms with E-state index in [9.17, 15) is 4.79 Å². The SMILES string of the molecule is CSc1cccc(Nc2cccc(C(N)=O)c2N)c1. The van der Waals surface area contributed by atoms with Crippen molar-refractivity contribution in [1.29, 1.82) is 0 Å². The summed E-state index contributed by atoms with van der Waals surface area (Å²) in [6, 6.07) is 13.1. The van der Waals surface area contributed by atoms with E-state index in [2.05, 4.69) is 5.32 Å². The second-order valence-corrected chi connectivity index (χ2v) is 4.87. The zero-order valence-corrected chi connectivity index (χ0v) is 11.3. The van der Waals surface area contributed by atoms with Crippen LogP contribution in [0.15, 0.2) is 47.4 Å². The van der Waals surface area contributed by atoms with Gasteiger partial charge in [-0.2, -0.15) is 0 Å². The van der Waals surface area contributed by atoms with Gasteiger partial charge in [0.1, 0.15) is 0 Å². The summed E-state index contributed by atoms with van der Waals surface area (Å²) in [5.41, 5.74) is 13.5. The normalized spacial score (nSPS) is 10.2. The Balaban J connectivity index is 2.33. The molecule has 0 radical (unpaired) electrons. The molecule has 2 aromatic rings. The highest BCUT2D eigenvalue weighted by Gasteiger charge is 2.09. The fourth-order valence-corrected chi connectivity index (χ4v) is 2.20. The standard InChI is InChI=1S/C14H15N3OS/c1-19-10-5-2-4-9(8-10)17-12-7-3-6-11(13(12)15)14(16)18/h2-8,17H,15H2,1H3,(H2,16,18). The third-order valence-electron chi connectivity index (χ3n) is 2.72. The highest BCUT2D eigenvalue weighted by atomic mass is 32.2. The Bertz CT molecular complexity index is 613. The highest BCUT2D eigenvalue weighted by molar-refractivity contribution is 7.98. The van der Waals surface area contributed by atoms with Gasteiger partial charge in [-0.1, -0.05) is 12.1 Å². The molecule has 0 bridgehead atoms. The molecule has 0 saturated carbocycles. The molecule has 5 N–H and O–H groups in total. The van der Waals surface area contributed by atoms with E-state index in [0.717, 1.165) is 10.6 Å². The van der Waals surface area contributed by atoms with Crippen LogP contribution in [0.4, 0.5) is 17.1 Å². The van der Waals surface area contributed by atoms with Crippen molar-refractivity contribution >= 4 is 34.7 Å². The number of primary amides is 1. The topological polar surface area (TPSA) is 81.1 Å². The van der Waals surface area contributed by atoms with Crippen LogP contribution in [0.1, 0.15) is 10.4 Å². The summed E-state index contributed by atoms with van der Waals surface area (Å²) in [4.78, 5) is 12.4. The lowest BCUT2D eigenvalue weighted by molar-refractivity contribution is 0.100. The van der Waals surface area contributed by atoms with Crippen LogP contribution in [0.3, 0.4) is 0 Å². The molecule has 0 aliphatic heterocycles. The predicted octanol–water partition coefficient (Wildman–Crippen LogP) is 2.83. The number of carbonyl (C=O) groups excluding carboxylic acids is 1. The molecule has 2 aromatic carbocycles. The Morgan fingerprint density at radius 1 is 1.21 bits per heavy atom. The van der Waals surface area contributed by atoms with Crippen LogP contribution in [-0.4, -0.2) is 12.2 Å². The number of amides is 1. The van der Waals surface area contributed by atoms with Crippen molar-refractivity contribution in [2.24, 2.45) is 5.73 Å². The van der Waals surface area contributed by atoms with E-state index in [1.165, 1.54) is 0 Å². The number of nitrogens with two attached hydrogens (primary N) is 2. The molecule has 0 aliphatic carbocycles. The lowest BCUT2D eigenvalue weighted by Gasteiger charge is -2.12. The van der Waals surface area contributed by atoms with E-state index in [1.807, 2.05) is 36.6 Å². The van der Waals surface area contributed by atoms with Crippen molar-refractivity contribution in [3.8, 4) is 0 Å². The summed E-state index contributed by atoms with van der Waals surface area (Å²) in [5.74, 6) is -0.529. The molecule has 0 unspecified atom stereocenters. The fourth-order valence-electron chi connectivity index (χ4n) is 1.75. The molecule has 0 aliphatic rings. The van der Waals surface area contributed by atoms with Gasteiger partial charge >= 0.3 is 0 Å². The minimum atomic E-state index is -0.529. The number of rotatable bonds is 4. The second-order valence-electron chi connectivity index (χ2n) is 3.99. The second kappa shape index (κ2) is 5.67. The van der Waals surface area contributed by atoms with Crippen molar-refractivity contribution in [1.82, 2.24) is 0 Å². The Kier molecular flexibility index (Phi) is 3.97. The van der Waals surface area contributed by atoms with Crippen molar-refractivity contribution < 1.29 is 4.79 Å². The Hall–Kier alpha value is -2.14. The maximum atomic E-state index is 11.2. The quantitative estimate of drug-likeness (QED) is 0.591. The van der Waals surface area contributed by atoms with E-state index in [1.54, 1.807) is 23.9 Å². The van der Waals surface area contributed by atoms with Crippen LogP contribution in [-0.2, 0) is 0 Å². The van der Waals surface area contributed by atoms with Crippen LogP contribution in [0, 0.1) is 0 Å². The van der Waals surface area contributed by atoms with Gasteiger partial charge < -0.3 is 16.8 Å². The van der Waals surface area contributed by atoms with Crippen molar-refractivity contribution in [2.75, 3.05) is 17.3 Å². The first-order chi connectivity index (χ1) is 9.11. The molecule has 0 saturated heterocycles. The monoisotopic (exact) mass is 273 g/mol. The first kappa shape index (κ1) is 13.3. The van der Waals surface area contributed by atoms with Gasteiger partial charge in [-0.15, -0.1) is 11.8 Å². The molecule has 19 heavy (non-hydrogen) atoms. The van der Waals surface area contributed by atoms with Crippen LogP contribution >= 0.6 is 11.8 Å². The smallest absolute Gasteiger partial charge is 0.250 e. The first-order valence-corrected chi connectivity index (χ1v) is 6.93. The Morgan fingerprint density at radius 3 is 2.63 bits per heavy atom. The third kappa shape index (κ3) is 3.00. The fraction of sp³-hybridized carbons (Fsp3) is 0.0714. The van der Waals surface area contributed by atoms with Crippen molar-refractivity contribution in [2.45, 2.75) is 4.90 Å². The van der Waals surface area contributed by atoms with E-state index < -0.39 is 5.91 Å². The van der Waals surface area contributed by atoms with Gasteiger partial charge in [0.05, 0.1) is 16.9 Å². The number of nitrogen functional groups attached to an aromatic ring is 1. The van der Waals surface area contributed by atoms with Gasteiger partial charge in [-0.25, -0.2) is 0 Å². The van der Waals surface area contributed by atoms with Gasteiger partial charge in [-0.05, 0) is 36.6 Å². The summed E-state index contributed by atoms with van der Waals surface area (Å²) in [7, 11) is 0. The average Bonchev–Trinajstić information content (AvgIpc) is 2.41. The average molecular weight is 273 g/mol. The maximum Gasteiger partial charge on any atom is 0.250 e. The van der Waals surface area contributed by atoms with Gasteiger partial charge in [0, 0.05) is 10.6 Å². The molecular weight excluding hydrogens is 258 g/mol. The lowest BCUT2D eigenvalue weighted by atomic mass is 10.1. The first-order valence-electron chi connectivity index (χ1n) is 5.71. The Labute approximate surface area is 116 Å². The van der Waals surface area contributed by atoms with Crippen molar-refractivity contribution in [3.63, 3.8) is 0 Å². The summed E-state index contributed by atoms with van der Waals surface area (Å²) < 4.78 is 0. The summed E-state index contributed by atoms with van der Waals surface area (Å²) >= 11 is 1.66. The van der Waals surface area contributed by atoms with E-state index >= 15 is 0 Å². The molecule has 0 heterocycles. The highest BCUT2D eigenvalue weighted by Crippen LogP contribution is 2.27. The molecule has 98 valence electrons. The number of hydrogen-bond acceptors (Lipinski definition) is 4. The molecular formula is C14H15N3OS. The molecule has 1 amide bonds. The number of hydrogen-bond donors (Lipinski definition) is 3. The van der Waals surface area contributed by atoms with E-state index in [0.29, 0.717) is 16.9 Å². The summed E-state index contributed by atoms with van der Waals surface area (Å²) in [5, 5.41) is 3.20. The van der Waals surface area contributed by atoms with E-state index in [-0.39, 0.29) is 0 Å². The molecule has 2 rings (SSSR count). The van der Waals surface area contributed by atoms with Crippen LogP contribution in [0.2, 0.25) is 0 Å². The van der Waals surface area contributed by atoms with Gasteiger partial charge in [0.2, 0.25) is 0 Å². The maximum absolute atomic E-state index is 11.2. The summed E-state index contributed by atoms with van der Waals surface area (Å²) in [6.45, 7) is 0. The minimum Gasteiger partial charge on any atom is -0.396 e. The number of benzene rings is 2. The van der Waals surface area contributed by atoms with Crippen LogP contribution in [0.5, 0.6) is 0 Å².